The number of hydrogen-bond donors (Lipinski definition) is 1. The second kappa shape index (κ2) is 7.09. The lowest BCUT2D eigenvalue weighted by molar-refractivity contribution is 0.411. The Kier molecular flexibility index (Phi) is 5.43. The largest absolute Gasteiger partial charge is 0.496 e. The van der Waals surface area contributed by atoms with E-state index in [0.717, 1.165) is 12.2 Å². The van der Waals surface area contributed by atoms with Crippen molar-refractivity contribution in [1.82, 2.24) is 5.32 Å². The highest BCUT2D eigenvalue weighted by atomic mass is 127. The number of methoxy groups -OCH3 is 1. The number of likely N-dealkylation sites (N-methyl/N-ethyl adjacent to an activating group) is 1. The molecule has 0 radical (unpaired) electrons. The van der Waals surface area contributed by atoms with Crippen LogP contribution in [0, 0.1) is 10.5 Å². The Morgan fingerprint density at radius 1 is 1.15 bits per heavy atom. The summed E-state index contributed by atoms with van der Waals surface area (Å²) in [6.45, 7) is 2.08. The molecule has 0 saturated heterocycles. The van der Waals surface area contributed by atoms with E-state index in [4.69, 9.17) is 4.74 Å². The minimum atomic E-state index is 0.319. The van der Waals surface area contributed by atoms with Crippen molar-refractivity contribution < 1.29 is 4.74 Å². The van der Waals surface area contributed by atoms with Gasteiger partial charge in [-0.15, -0.1) is 0 Å². The molecule has 106 valence electrons. The van der Waals surface area contributed by atoms with E-state index in [9.17, 15) is 0 Å². The number of aryl methyl sites for hydroxylation is 1. The van der Waals surface area contributed by atoms with Crippen molar-refractivity contribution in [2.75, 3.05) is 14.2 Å². The monoisotopic (exact) mass is 381 g/mol. The predicted molar refractivity (Wildman–Crippen MR) is 92.4 cm³/mol. The number of halogens is 1. The lowest BCUT2D eigenvalue weighted by Crippen LogP contribution is -2.19. The minimum absolute atomic E-state index is 0.319. The van der Waals surface area contributed by atoms with E-state index in [2.05, 4.69) is 71.2 Å². The topological polar surface area (TPSA) is 21.3 Å². The lowest BCUT2D eigenvalue weighted by Gasteiger charge is -2.18. The summed E-state index contributed by atoms with van der Waals surface area (Å²) in [5.74, 6) is 0.942. The van der Waals surface area contributed by atoms with Crippen LogP contribution in [0.1, 0.15) is 22.7 Å². The fourth-order valence-electron chi connectivity index (χ4n) is 2.36. The first kappa shape index (κ1) is 15.3. The zero-order valence-corrected chi connectivity index (χ0v) is 14.3. The van der Waals surface area contributed by atoms with Gasteiger partial charge in [0.05, 0.1) is 7.11 Å². The molecule has 0 aromatic heterocycles. The molecule has 0 aliphatic carbocycles. The Hall–Kier alpha value is -1.07. The van der Waals surface area contributed by atoms with E-state index < -0.39 is 0 Å². The van der Waals surface area contributed by atoms with Crippen LogP contribution >= 0.6 is 22.6 Å². The molecule has 0 amide bonds. The van der Waals surface area contributed by atoms with Crippen LogP contribution in [0.3, 0.4) is 0 Å². The van der Waals surface area contributed by atoms with Gasteiger partial charge in [0.15, 0.2) is 0 Å². The van der Waals surface area contributed by atoms with Crippen molar-refractivity contribution >= 4 is 22.6 Å². The summed E-state index contributed by atoms with van der Waals surface area (Å²) in [6, 6.07) is 15.4. The van der Waals surface area contributed by atoms with Gasteiger partial charge in [0.2, 0.25) is 0 Å². The lowest BCUT2D eigenvalue weighted by atomic mass is 9.97. The molecule has 1 N–H and O–H groups in total. The van der Waals surface area contributed by atoms with E-state index >= 15 is 0 Å². The van der Waals surface area contributed by atoms with Crippen LogP contribution in [0.25, 0.3) is 0 Å². The second-order valence-electron chi connectivity index (χ2n) is 4.90. The number of hydrogen-bond acceptors (Lipinski definition) is 2. The van der Waals surface area contributed by atoms with E-state index in [0.29, 0.717) is 6.04 Å². The number of rotatable bonds is 5. The predicted octanol–water partition coefficient (Wildman–Crippen LogP) is 4.11. The second-order valence-corrected chi connectivity index (χ2v) is 6.15. The molecule has 0 aliphatic heterocycles. The summed E-state index contributed by atoms with van der Waals surface area (Å²) < 4.78 is 6.59. The molecule has 1 unspecified atom stereocenters. The summed E-state index contributed by atoms with van der Waals surface area (Å²) in [6.07, 6.45) is 0.985. The van der Waals surface area contributed by atoms with Crippen molar-refractivity contribution in [3.05, 3.63) is 62.7 Å². The van der Waals surface area contributed by atoms with Crippen LogP contribution in [-0.2, 0) is 6.42 Å². The Morgan fingerprint density at radius 2 is 1.85 bits per heavy atom. The van der Waals surface area contributed by atoms with E-state index in [1.54, 1.807) is 7.11 Å². The van der Waals surface area contributed by atoms with Gasteiger partial charge in [-0.2, -0.15) is 0 Å². The summed E-state index contributed by atoms with van der Waals surface area (Å²) in [5.41, 5.74) is 3.82. The normalized spacial score (nSPS) is 12.2. The third-order valence-corrected chi connectivity index (χ3v) is 4.24. The highest BCUT2D eigenvalue weighted by Crippen LogP contribution is 2.24. The van der Waals surface area contributed by atoms with Gasteiger partial charge in [0, 0.05) is 9.61 Å². The van der Waals surface area contributed by atoms with Gasteiger partial charge in [-0.3, -0.25) is 0 Å². The van der Waals surface area contributed by atoms with Crippen molar-refractivity contribution in [3.8, 4) is 5.75 Å². The first-order valence-corrected chi connectivity index (χ1v) is 7.78. The van der Waals surface area contributed by atoms with Gasteiger partial charge < -0.3 is 10.1 Å². The third kappa shape index (κ3) is 3.73. The average molecular weight is 381 g/mol. The Balaban J connectivity index is 2.19. The van der Waals surface area contributed by atoms with Crippen LogP contribution in [0.4, 0.5) is 0 Å². The number of nitrogens with one attached hydrogen (secondary N) is 1. The van der Waals surface area contributed by atoms with Crippen LogP contribution in [0.15, 0.2) is 42.5 Å². The Bertz CT molecular complexity index is 566. The molecule has 0 bridgehead atoms. The molecule has 0 heterocycles. The number of ether oxygens (including phenoxy) is 1. The van der Waals surface area contributed by atoms with Gasteiger partial charge in [0.25, 0.3) is 0 Å². The Morgan fingerprint density at radius 3 is 2.40 bits per heavy atom. The maximum atomic E-state index is 5.32. The van der Waals surface area contributed by atoms with Gasteiger partial charge in [-0.05, 0) is 77.9 Å². The summed E-state index contributed by atoms with van der Waals surface area (Å²) >= 11 is 2.33. The van der Waals surface area contributed by atoms with Crippen molar-refractivity contribution in [2.24, 2.45) is 0 Å². The number of benzene rings is 2. The highest BCUT2D eigenvalue weighted by molar-refractivity contribution is 14.1. The third-order valence-electron chi connectivity index (χ3n) is 3.52. The maximum Gasteiger partial charge on any atom is 0.121 e. The van der Waals surface area contributed by atoms with Gasteiger partial charge in [-0.1, -0.05) is 24.3 Å². The van der Waals surface area contributed by atoms with Gasteiger partial charge in [-0.25, -0.2) is 0 Å². The average Bonchev–Trinajstić information content (AvgIpc) is 2.46. The molecule has 0 aliphatic rings. The quantitative estimate of drug-likeness (QED) is 0.788. The molecule has 2 rings (SSSR count). The van der Waals surface area contributed by atoms with Crippen LogP contribution in [-0.4, -0.2) is 14.2 Å². The molecule has 0 fully saturated rings. The summed E-state index contributed by atoms with van der Waals surface area (Å²) in [7, 11) is 3.72. The van der Waals surface area contributed by atoms with Gasteiger partial charge >= 0.3 is 0 Å². The van der Waals surface area contributed by atoms with Crippen LogP contribution in [0.2, 0.25) is 0 Å². The van der Waals surface area contributed by atoms with Crippen molar-refractivity contribution in [2.45, 2.75) is 19.4 Å². The molecule has 0 saturated carbocycles. The molecular weight excluding hydrogens is 361 g/mol. The maximum absolute atomic E-state index is 5.32. The smallest absolute Gasteiger partial charge is 0.121 e. The SMILES string of the molecule is CNC(Cc1ccc(I)cc1)c1ccc(OC)c(C)c1. The fourth-order valence-corrected chi connectivity index (χ4v) is 2.72. The molecule has 2 aromatic rings. The van der Waals surface area contributed by atoms with Crippen LogP contribution in [0.5, 0.6) is 5.75 Å². The highest BCUT2D eigenvalue weighted by Gasteiger charge is 2.11. The van der Waals surface area contributed by atoms with E-state index in [1.165, 1.54) is 20.3 Å². The van der Waals surface area contributed by atoms with Gasteiger partial charge in [0.1, 0.15) is 5.75 Å². The molecule has 0 spiro atoms. The standard InChI is InChI=1S/C17H20INO/c1-12-10-14(6-9-17(12)20-3)16(19-2)11-13-4-7-15(18)8-5-13/h4-10,16,19H,11H2,1-3H3. The van der Waals surface area contributed by atoms with Crippen molar-refractivity contribution in [1.29, 1.82) is 0 Å². The van der Waals surface area contributed by atoms with E-state index in [-0.39, 0.29) is 0 Å². The first-order chi connectivity index (χ1) is 9.63. The summed E-state index contributed by atoms with van der Waals surface area (Å²) in [5, 5.41) is 3.40. The van der Waals surface area contributed by atoms with E-state index in [1.807, 2.05) is 13.1 Å². The van der Waals surface area contributed by atoms with Crippen molar-refractivity contribution in [3.63, 3.8) is 0 Å². The zero-order chi connectivity index (χ0) is 14.5. The molecule has 1 atom stereocenters. The summed E-state index contributed by atoms with van der Waals surface area (Å²) in [4.78, 5) is 0. The zero-order valence-electron chi connectivity index (χ0n) is 12.1. The molecule has 3 heteroatoms. The minimum Gasteiger partial charge on any atom is -0.496 e. The molecule has 2 nitrogen and oxygen atoms in total. The molecule has 2 aromatic carbocycles. The Labute approximate surface area is 134 Å². The van der Waals surface area contributed by atoms with Crippen LogP contribution < -0.4 is 10.1 Å². The first-order valence-electron chi connectivity index (χ1n) is 6.70. The molecule has 20 heavy (non-hydrogen) atoms. The fraction of sp³-hybridized carbons (Fsp3) is 0.294. The molecular formula is C17H20INO.